The predicted octanol–water partition coefficient (Wildman–Crippen LogP) is 2.03. The van der Waals surface area contributed by atoms with E-state index in [1.165, 1.54) is 0 Å². The maximum absolute atomic E-state index is 5.29. The standard InChI is InChI=1S/C10H12N2O/c1-2-9-11-10(13-12-9)8-6-4-3-5-7-8/h3-7,10H,2H2,1H3,(H,11,12). The van der Waals surface area contributed by atoms with Gasteiger partial charge in [-0.2, -0.15) is 0 Å². The number of hydroxylamine groups is 1. The third-order valence-electron chi connectivity index (χ3n) is 1.98. The van der Waals surface area contributed by atoms with Crippen LogP contribution in [0.25, 0.3) is 0 Å². The summed E-state index contributed by atoms with van der Waals surface area (Å²) >= 11 is 0. The van der Waals surface area contributed by atoms with Crippen molar-refractivity contribution in [1.82, 2.24) is 5.48 Å². The summed E-state index contributed by atoms with van der Waals surface area (Å²) in [7, 11) is 0. The Bertz CT molecular complexity index is 308. The lowest BCUT2D eigenvalue weighted by atomic mass is 10.2. The van der Waals surface area contributed by atoms with E-state index in [-0.39, 0.29) is 6.23 Å². The third kappa shape index (κ3) is 1.70. The van der Waals surface area contributed by atoms with E-state index in [2.05, 4.69) is 10.5 Å². The molecule has 1 unspecified atom stereocenters. The molecule has 1 aromatic carbocycles. The summed E-state index contributed by atoms with van der Waals surface area (Å²) in [6.07, 6.45) is 0.708. The molecule has 0 saturated carbocycles. The fourth-order valence-corrected chi connectivity index (χ4v) is 1.24. The summed E-state index contributed by atoms with van der Waals surface area (Å²) in [5, 5.41) is 0. The van der Waals surface area contributed by atoms with Crippen LogP contribution in [0.1, 0.15) is 25.1 Å². The Morgan fingerprint density at radius 1 is 1.38 bits per heavy atom. The first kappa shape index (κ1) is 8.26. The Balaban J connectivity index is 2.16. The number of aliphatic imine (C=N–C) groups is 1. The summed E-state index contributed by atoms with van der Waals surface area (Å²) < 4.78 is 0. The van der Waals surface area contributed by atoms with Crippen molar-refractivity contribution >= 4 is 5.84 Å². The van der Waals surface area contributed by atoms with Crippen molar-refractivity contribution in [3.8, 4) is 0 Å². The maximum Gasteiger partial charge on any atom is 0.202 e. The van der Waals surface area contributed by atoms with Crippen molar-refractivity contribution in [2.75, 3.05) is 0 Å². The number of hydrogen-bond donors (Lipinski definition) is 1. The van der Waals surface area contributed by atoms with Crippen LogP contribution in [0.3, 0.4) is 0 Å². The van der Waals surface area contributed by atoms with Crippen LogP contribution in [0.2, 0.25) is 0 Å². The second-order valence-corrected chi connectivity index (χ2v) is 2.91. The first-order valence-electron chi connectivity index (χ1n) is 4.43. The van der Waals surface area contributed by atoms with Gasteiger partial charge in [0.2, 0.25) is 6.23 Å². The molecule has 2 rings (SSSR count). The topological polar surface area (TPSA) is 33.6 Å². The van der Waals surface area contributed by atoms with Crippen LogP contribution in [0.4, 0.5) is 0 Å². The zero-order chi connectivity index (χ0) is 9.10. The molecule has 0 spiro atoms. The monoisotopic (exact) mass is 176 g/mol. The molecule has 13 heavy (non-hydrogen) atoms. The summed E-state index contributed by atoms with van der Waals surface area (Å²) in [5.41, 5.74) is 3.89. The van der Waals surface area contributed by atoms with Crippen LogP contribution >= 0.6 is 0 Å². The van der Waals surface area contributed by atoms with E-state index in [0.29, 0.717) is 0 Å². The smallest absolute Gasteiger partial charge is 0.202 e. The van der Waals surface area contributed by atoms with Gasteiger partial charge in [-0.1, -0.05) is 37.3 Å². The molecule has 3 nitrogen and oxygen atoms in total. The van der Waals surface area contributed by atoms with Crippen molar-refractivity contribution in [2.45, 2.75) is 19.6 Å². The number of hydrogen-bond acceptors (Lipinski definition) is 3. The van der Waals surface area contributed by atoms with Gasteiger partial charge in [0.25, 0.3) is 0 Å². The normalized spacial score (nSPS) is 21.0. The molecule has 0 saturated heterocycles. The highest BCUT2D eigenvalue weighted by molar-refractivity contribution is 5.82. The van der Waals surface area contributed by atoms with Gasteiger partial charge < -0.3 is 0 Å². The van der Waals surface area contributed by atoms with E-state index < -0.39 is 0 Å². The van der Waals surface area contributed by atoms with E-state index in [9.17, 15) is 0 Å². The van der Waals surface area contributed by atoms with Crippen LogP contribution in [0.15, 0.2) is 35.3 Å². The van der Waals surface area contributed by atoms with Crippen LogP contribution in [-0.2, 0) is 4.84 Å². The van der Waals surface area contributed by atoms with Gasteiger partial charge >= 0.3 is 0 Å². The number of nitrogens with one attached hydrogen (secondary N) is 1. The molecule has 1 aliphatic rings. The van der Waals surface area contributed by atoms with Crippen LogP contribution in [0.5, 0.6) is 0 Å². The maximum atomic E-state index is 5.29. The van der Waals surface area contributed by atoms with E-state index in [0.717, 1.165) is 17.8 Å². The number of benzene rings is 1. The average Bonchev–Trinajstić information content (AvgIpc) is 2.67. The van der Waals surface area contributed by atoms with Gasteiger partial charge in [0.1, 0.15) is 5.84 Å². The molecule has 0 aliphatic carbocycles. The van der Waals surface area contributed by atoms with Crippen molar-refractivity contribution in [3.05, 3.63) is 35.9 Å². The molecule has 3 heteroatoms. The minimum atomic E-state index is -0.170. The zero-order valence-electron chi connectivity index (χ0n) is 7.53. The molecule has 0 bridgehead atoms. The molecule has 0 radical (unpaired) electrons. The van der Waals surface area contributed by atoms with E-state index in [1.807, 2.05) is 37.3 Å². The van der Waals surface area contributed by atoms with Gasteiger partial charge in [0.15, 0.2) is 0 Å². The first-order chi connectivity index (χ1) is 6.40. The quantitative estimate of drug-likeness (QED) is 0.748. The lowest BCUT2D eigenvalue weighted by Gasteiger charge is -2.04. The van der Waals surface area contributed by atoms with Crippen LogP contribution in [-0.4, -0.2) is 5.84 Å². The highest BCUT2D eigenvalue weighted by Crippen LogP contribution is 2.21. The minimum Gasteiger partial charge on any atom is -0.250 e. The minimum absolute atomic E-state index is 0.170. The lowest BCUT2D eigenvalue weighted by molar-refractivity contribution is 0.0371. The molecular formula is C10H12N2O. The Labute approximate surface area is 77.4 Å². The Morgan fingerprint density at radius 3 is 2.77 bits per heavy atom. The summed E-state index contributed by atoms with van der Waals surface area (Å²) in [4.78, 5) is 9.65. The molecule has 1 atom stereocenters. The van der Waals surface area contributed by atoms with E-state index in [1.54, 1.807) is 0 Å². The molecule has 0 aromatic heterocycles. The predicted molar refractivity (Wildman–Crippen MR) is 51.1 cm³/mol. The van der Waals surface area contributed by atoms with Crippen molar-refractivity contribution < 1.29 is 4.84 Å². The molecule has 0 fully saturated rings. The SMILES string of the molecule is CCC1=NC(c2ccccc2)ON1. The fraction of sp³-hybridized carbons (Fsp3) is 0.300. The van der Waals surface area contributed by atoms with Crippen LogP contribution in [0, 0.1) is 0 Å². The van der Waals surface area contributed by atoms with Gasteiger partial charge in [-0.3, -0.25) is 5.48 Å². The second-order valence-electron chi connectivity index (χ2n) is 2.91. The molecule has 68 valence electrons. The largest absolute Gasteiger partial charge is 0.250 e. The van der Waals surface area contributed by atoms with Crippen molar-refractivity contribution in [1.29, 1.82) is 0 Å². The van der Waals surface area contributed by atoms with Gasteiger partial charge in [0, 0.05) is 12.0 Å². The average molecular weight is 176 g/mol. The number of rotatable bonds is 2. The van der Waals surface area contributed by atoms with Gasteiger partial charge in [-0.25, -0.2) is 9.83 Å². The highest BCUT2D eigenvalue weighted by Gasteiger charge is 2.17. The summed E-state index contributed by atoms with van der Waals surface area (Å²) in [5.74, 6) is 0.911. The molecule has 1 heterocycles. The van der Waals surface area contributed by atoms with Crippen molar-refractivity contribution in [3.63, 3.8) is 0 Å². The lowest BCUT2D eigenvalue weighted by Crippen LogP contribution is -2.15. The number of nitrogens with zero attached hydrogens (tertiary/aromatic N) is 1. The van der Waals surface area contributed by atoms with E-state index in [4.69, 9.17) is 4.84 Å². The summed E-state index contributed by atoms with van der Waals surface area (Å²) in [6, 6.07) is 9.97. The Morgan fingerprint density at radius 2 is 2.15 bits per heavy atom. The van der Waals surface area contributed by atoms with Gasteiger partial charge in [-0.15, -0.1) is 0 Å². The zero-order valence-corrected chi connectivity index (χ0v) is 7.53. The number of amidine groups is 1. The molecule has 1 N–H and O–H groups in total. The molecule has 1 aromatic rings. The van der Waals surface area contributed by atoms with Crippen molar-refractivity contribution in [2.24, 2.45) is 4.99 Å². The Hall–Kier alpha value is -1.35. The Kier molecular flexibility index (Phi) is 2.27. The van der Waals surface area contributed by atoms with E-state index >= 15 is 0 Å². The molecule has 0 amide bonds. The van der Waals surface area contributed by atoms with Crippen LogP contribution < -0.4 is 5.48 Å². The molecule has 1 aliphatic heterocycles. The molecular weight excluding hydrogens is 164 g/mol. The summed E-state index contributed by atoms with van der Waals surface area (Å²) in [6.45, 7) is 2.04. The second kappa shape index (κ2) is 3.58. The first-order valence-corrected chi connectivity index (χ1v) is 4.43. The fourth-order valence-electron chi connectivity index (χ4n) is 1.24. The highest BCUT2D eigenvalue weighted by atomic mass is 16.7. The van der Waals surface area contributed by atoms with Gasteiger partial charge in [0.05, 0.1) is 0 Å². The van der Waals surface area contributed by atoms with Gasteiger partial charge in [-0.05, 0) is 0 Å². The third-order valence-corrected chi connectivity index (χ3v) is 1.98.